The largest absolute Gasteiger partial charge is 0.330 e. The SMILES string of the molecule is CC(CCN)C(=O)Nc1ccc(F)cc1C#N. The summed E-state index contributed by atoms with van der Waals surface area (Å²) in [4.78, 5) is 11.7. The Hall–Kier alpha value is -1.93. The smallest absolute Gasteiger partial charge is 0.227 e. The molecule has 0 aliphatic heterocycles. The molecule has 1 atom stereocenters. The molecule has 0 saturated heterocycles. The Morgan fingerprint density at radius 2 is 2.35 bits per heavy atom. The molecule has 0 saturated carbocycles. The van der Waals surface area contributed by atoms with Crippen LogP contribution in [0.4, 0.5) is 10.1 Å². The number of carbonyl (C=O) groups excluding carboxylic acids is 1. The molecule has 0 heterocycles. The zero-order chi connectivity index (χ0) is 12.8. The van der Waals surface area contributed by atoms with Crippen LogP contribution in [-0.4, -0.2) is 12.5 Å². The number of amides is 1. The number of hydrogen-bond donors (Lipinski definition) is 2. The first-order valence-corrected chi connectivity index (χ1v) is 5.29. The molecule has 0 aliphatic rings. The zero-order valence-corrected chi connectivity index (χ0v) is 9.53. The molecule has 0 aliphatic carbocycles. The first-order valence-electron chi connectivity index (χ1n) is 5.29. The number of nitrogens with one attached hydrogen (secondary N) is 1. The van der Waals surface area contributed by atoms with Crippen LogP contribution in [0.15, 0.2) is 18.2 Å². The highest BCUT2D eigenvalue weighted by Gasteiger charge is 2.14. The average Bonchev–Trinajstić information content (AvgIpc) is 2.31. The quantitative estimate of drug-likeness (QED) is 0.832. The van der Waals surface area contributed by atoms with Gasteiger partial charge in [0.1, 0.15) is 11.9 Å². The molecule has 0 spiro atoms. The Morgan fingerprint density at radius 3 is 2.94 bits per heavy atom. The third-order valence-electron chi connectivity index (χ3n) is 2.41. The van der Waals surface area contributed by atoms with Crippen LogP contribution in [0.25, 0.3) is 0 Å². The van der Waals surface area contributed by atoms with Crippen LogP contribution in [0.5, 0.6) is 0 Å². The number of carbonyl (C=O) groups is 1. The molecule has 1 aromatic rings. The highest BCUT2D eigenvalue weighted by atomic mass is 19.1. The van der Waals surface area contributed by atoms with Crippen molar-refractivity contribution in [1.82, 2.24) is 0 Å². The van der Waals surface area contributed by atoms with Gasteiger partial charge in [-0.15, -0.1) is 0 Å². The summed E-state index contributed by atoms with van der Waals surface area (Å²) in [5.41, 5.74) is 5.79. The minimum Gasteiger partial charge on any atom is -0.330 e. The lowest BCUT2D eigenvalue weighted by atomic mass is 10.1. The van der Waals surface area contributed by atoms with E-state index in [-0.39, 0.29) is 17.4 Å². The zero-order valence-electron chi connectivity index (χ0n) is 9.53. The second-order valence-electron chi connectivity index (χ2n) is 3.77. The van der Waals surface area contributed by atoms with Gasteiger partial charge in [0.2, 0.25) is 5.91 Å². The third kappa shape index (κ3) is 3.54. The van der Waals surface area contributed by atoms with Gasteiger partial charge in [0.15, 0.2) is 0 Å². The van der Waals surface area contributed by atoms with Gasteiger partial charge in [-0.2, -0.15) is 5.26 Å². The Balaban J connectivity index is 2.82. The van der Waals surface area contributed by atoms with E-state index in [9.17, 15) is 9.18 Å². The third-order valence-corrected chi connectivity index (χ3v) is 2.41. The summed E-state index contributed by atoms with van der Waals surface area (Å²) in [7, 11) is 0. The summed E-state index contributed by atoms with van der Waals surface area (Å²) in [6, 6.07) is 5.49. The van der Waals surface area contributed by atoms with E-state index in [1.54, 1.807) is 6.92 Å². The lowest BCUT2D eigenvalue weighted by Crippen LogP contribution is -2.23. The molecule has 1 aromatic carbocycles. The van der Waals surface area contributed by atoms with Crippen molar-refractivity contribution >= 4 is 11.6 Å². The Labute approximate surface area is 99.2 Å². The summed E-state index contributed by atoms with van der Waals surface area (Å²) >= 11 is 0. The second kappa shape index (κ2) is 5.97. The maximum Gasteiger partial charge on any atom is 0.227 e. The summed E-state index contributed by atoms with van der Waals surface area (Å²) in [5, 5.41) is 11.4. The van der Waals surface area contributed by atoms with Gasteiger partial charge in [-0.25, -0.2) is 4.39 Å². The summed E-state index contributed by atoms with van der Waals surface area (Å²) < 4.78 is 12.9. The van der Waals surface area contributed by atoms with Crippen LogP contribution in [0.2, 0.25) is 0 Å². The fourth-order valence-electron chi connectivity index (χ4n) is 1.35. The summed E-state index contributed by atoms with van der Waals surface area (Å²) in [5.74, 6) is -0.968. The van der Waals surface area contributed by atoms with Crippen molar-refractivity contribution in [3.05, 3.63) is 29.6 Å². The predicted octanol–water partition coefficient (Wildman–Crippen LogP) is 1.62. The van der Waals surface area contributed by atoms with E-state index in [4.69, 9.17) is 11.0 Å². The van der Waals surface area contributed by atoms with Gasteiger partial charge >= 0.3 is 0 Å². The van der Waals surface area contributed by atoms with Crippen molar-refractivity contribution < 1.29 is 9.18 Å². The minimum absolute atomic E-state index is 0.110. The maximum absolute atomic E-state index is 12.9. The second-order valence-corrected chi connectivity index (χ2v) is 3.77. The van der Waals surface area contributed by atoms with E-state index in [1.165, 1.54) is 12.1 Å². The molecule has 0 radical (unpaired) electrons. The van der Waals surface area contributed by atoms with Crippen molar-refractivity contribution in [3.8, 4) is 6.07 Å². The normalized spacial score (nSPS) is 11.6. The molecule has 0 fully saturated rings. The number of anilines is 1. The molecule has 0 aromatic heterocycles. The van der Waals surface area contributed by atoms with Gasteiger partial charge in [-0.1, -0.05) is 6.92 Å². The average molecular weight is 235 g/mol. The van der Waals surface area contributed by atoms with Gasteiger partial charge < -0.3 is 11.1 Å². The number of nitriles is 1. The van der Waals surface area contributed by atoms with Crippen molar-refractivity contribution in [1.29, 1.82) is 5.26 Å². The molecule has 3 N–H and O–H groups in total. The minimum atomic E-state index is -0.505. The molecule has 5 heteroatoms. The van der Waals surface area contributed by atoms with Crippen LogP contribution < -0.4 is 11.1 Å². The van der Waals surface area contributed by atoms with E-state index < -0.39 is 5.82 Å². The Morgan fingerprint density at radius 1 is 1.65 bits per heavy atom. The van der Waals surface area contributed by atoms with Gasteiger partial charge in [-0.3, -0.25) is 4.79 Å². The van der Waals surface area contributed by atoms with Gasteiger partial charge in [0, 0.05) is 5.92 Å². The van der Waals surface area contributed by atoms with E-state index >= 15 is 0 Å². The fraction of sp³-hybridized carbons (Fsp3) is 0.333. The molecule has 90 valence electrons. The van der Waals surface area contributed by atoms with Crippen molar-refractivity contribution in [2.45, 2.75) is 13.3 Å². The molecule has 1 rings (SSSR count). The Bertz CT molecular complexity index is 454. The van der Waals surface area contributed by atoms with E-state index in [0.29, 0.717) is 18.7 Å². The van der Waals surface area contributed by atoms with Gasteiger partial charge in [0.25, 0.3) is 0 Å². The van der Waals surface area contributed by atoms with Crippen LogP contribution in [-0.2, 0) is 4.79 Å². The van der Waals surface area contributed by atoms with Gasteiger partial charge in [0.05, 0.1) is 11.3 Å². The van der Waals surface area contributed by atoms with Crippen molar-refractivity contribution in [2.75, 3.05) is 11.9 Å². The van der Waals surface area contributed by atoms with Gasteiger partial charge in [-0.05, 0) is 31.2 Å². The first kappa shape index (κ1) is 13.1. The van der Waals surface area contributed by atoms with Crippen molar-refractivity contribution in [3.63, 3.8) is 0 Å². The number of hydrogen-bond acceptors (Lipinski definition) is 3. The standard InChI is InChI=1S/C12H14FN3O/c1-8(4-5-14)12(17)16-11-3-2-10(13)6-9(11)7-15/h2-3,6,8H,4-5,14H2,1H3,(H,16,17). The molecule has 0 bridgehead atoms. The monoisotopic (exact) mass is 235 g/mol. The molecule has 1 amide bonds. The van der Waals surface area contributed by atoms with Crippen LogP contribution >= 0.6 is 0 Å². The molecule has 17 heavy (non-hydrogen) atoms. The van der Waals surface area contributed by atoms with E-state index in [1.807, 2.05) is 6.07 Å². The number of halogens is 1. The Kier molecular flexibility index (Phi) is 4.61. The number of nitrogens with two attached hydrogens (primary N) is 1. The molecular weight excluding hydrogens is 221 g/mol. The first-order chi connectivity index (χ1) is 8.08. The van der Waals surface area contributed by atoms with Crippen LogP contribution in [0, 0.1) is 23.1 Å². The molecular formula is C12H14FN3O. The molecule has 4 nitrogen and oxygen atoms in total. The summed E-state index contributed by atoms with van der Waals surface area (Å²) in [6.07, 6.45) is 0.564. The highest BCUT2D eigenvalue weighted by molar-refractivity contribution is 5.93. The lowest BCUT2D eigenvalue weighted by molar-refractivity contribution is -0.119. The predicted molar refractivity (Wildman–Crippen MR) is 62.6 cm³/mol. The number of benzene rings is 1. The lowest BCUT2D eigenvalue weighted by Gasteiger charge is -2.11. The fourth-order valence-corrected chi connectivity index (χ4v) is 1.35. The van der Waals surface area contributed by atoms with Crippen LogP contribution in [0.3, 0.4) is 0 Å². The number of rotatable bonds is 4. The van der Waals surface area contributed by atoms with E-state index in [0.717, 1.165) is 6.07 Å². The topological polar surface area (TPSA) is 78.9 Å². The molecule has 1 unspecified atom stereocenters. The maximum atomic E-state index is 12.9. The van der Waals surface area contributed by atoms with Crippen molar-refractivity contribution in [2.24, 2.45) is 11.7 Å². The summed E-state index contributed by atoms with van der Waals surface area (Å²) in [6.45, 7) is 2.17. The highest BCUT2D eigenvalue weighted by Crippen LogP contribution is 2.17. The van der Waals surface area contributed by atoms with E-state index in [2.05, 4.69) is 5.32 Å². The van der Waals surface area contributed by atoms with Crippen LogP contribution in [0.1, 0.15) is 18.9 Å². The number of nitrogens with zero attached hydrogens (tertiary/aromatic N) is 1.